The Hall–Kier alpha value is -1.25. The fourth-order valence-electron chi connectivity index (χ4n) is 2.91. The second-order valence-corrected chi connectivity index (χ2v) is 6.43. The number of halogens is 3. The van der Waals surface area contributed by atoms with Crippen molar-refractivity contribution in [2.45, 2.75) is 31.7 Å². The van der Waals surface area contributed by atoms with Crippen LogP contribution in [0.1, 0.15) is 29.9 Å². The van der Waals surface area contributed by atoms with Crippen molar-refractivity contribution >= 4 is 28.9 Å². The molecule has 0 atom stereocenters. The molecule has 2 aromatic carbocycles. The summed E-state index contributed by atoms with van der Waals surface area (Å²) in [5, 5.41) is 3.48. The Labute approximate surface area is 134 Å². The molecular formula is C17H16Cl2FN. The summed E-state index contributed by atoms with van der Waals surface area (Å²) in [7, 11) is 0. The van der Waals surface area contributed by atoms with Crippen LogP contribution in [0.3, 0.4) is 0 Å². The van der Waals surface area contributed by atoms with E-state index in [2.05, 4.69) is 36.5 Å². The second kappa shape index (κ2) is 5.86. The molecule has 4 heteroatoms. The molecule has 0 bridgehead atoms. The lowest BCUT2D eigenvalue weighted by molar-refractivity contribution is 0.373. The second-order valence-electron chi connectivity index (χ2n) is 5.62. The van der Waals surface area contributed by atoms with Crippen molar-refractivity contribution < 1.29 is 4.39 Å². The molecule has 0 saturated heterocycles. The number of hydrogen-bond acceptors (Lipinski definition) is 1. The molecule has 1 aliphatic carbocycles. The summed E-state index contributed by atoms with van der Waals surface area (Å²) < 4.78 is 13.4. The van der Waals surface area contributed by atoms with Crippen LogP contribution in [0.5, 0.6) is 0 Å². The average Bonchev–Trinajstić information content (AvgIpc) is 2.41. The highest BCUT2D eigenvalue weighted by atomic mass is 35.5. The molecule has 0 spiro atoms. The van der Waals surface area contributed by atoms with Crippen molar-refractivity contribution in [3.63, 3.8) is 0 Å². The fourth-order valence-corrected chi connectivity index (χ4v) is 3.40. The molecule has 0 heterocycles. The quantitative estimate of drug-likeness (QED) is 0.704. The van der Waals surface area contributed by atoms with Crippen molar-refractivity contribution in [2.24, 2.45) is 0 Å². The molecule has 3 rings (SSSR count). The van der Waals surface area contributed by atoms with E-state index in [0.717, 1.165) is 18.5 Å². The van der Waals surface area contributed by atoms with Crippen LogP contribution in [0.2, 0.25) is 10.0 Å². The molecule has 2 aromatic rings. The summed E-state index contributed by atoms with van der Waals surface area (Å²) in [5.41, 5.74) is 3.54. The first-order chi connectivity index (χ1) is 10.0. The third-order valence-electron chi connectivity index (χ3n) is 4.12. The highest BCUT2D eigenvalue weighted by Crippen LogP contribution is 2.40. The number of nitrogens with one attached hydrogen (secondary N) is 1. The minimum absolute atomic E-state index is 0.0553. The van der Waals surface area contributed by atoms with Gasteiger partial charge in [-0.1, -0.05) is 47.5 Å². The van der Waals surface area contributed by atoms with Crippen molar-refractivity contribution in [1.29, 1.82) is 0 Å². The largest absolute Gasteiger partial charge is 0.382 e. The summed E-state index contributed by atoms with van der Waals surface area (Å²) in [6.45, 7) is 2.15. The van der Waals surface area contributed by atoms with E-state index in [1.54, 1.807) is 12.1 Å². The Kier molecular flexibility index (Phi) is 4.10. The van der Waals surface area contributed by atoms with Crippen molar-refractivity contribution in [1.82, 2.24) is 0 Å². The first kappa shape index (κ1) is 14.7. The summed E-state index contributed by atoms with van der Waals surface area (Å²) in [4.78, 5) is 0. The molecule has 0 aliphatic heterocycles. The lowest BCUT2D eigenvalue weighted by Gasteiger charge is -2.37. The summed E-state index contributed by atoms with van der Waals surface area (Å²) in [5.74, 6) is 0.0328. The van der Waals surface area contributed by atoms with E-state index in [1.807, 2.05) is 0 Å². The number of rotatable bonds is 3. The van der Waals surface area contributed by atoms with Gasteiger partial charge in [-0.25, -0.2) is 4.39 Å². The van der Waals surface area contributed by atoms with Crippen molar-refractivity contribution in [3.05, 3.63) is 63.4 Å². The molecular weight excluding hydrogens is 308 g/mol. The van der Waals surface area contributed by atoms with Crippen LogP contribution in [0.15, 0.2) is 36.4 Å². The average molecular weight is 324 g/mol. The minimum atomic E-state index is -0.560. The molecule has 0 unspecified atom stereocenters. The van der Waals surface area contributed by atoms with E-state index < -0.39 is 5.82 Å². The van der Waals surface area contributed by atoms with Gasteiger partial charge in [0, 0.05) is 11.7 Å². The molecule has 1 aliphatic rings. The predicted molar refractivity (Wildman–Crippen MR) is 87.0 cm³/mol. The lowest BCUT2D eigenvalue weighted by atomic mass is 9.74. The lowest BCUT2D eigenvalue weighted by Crippen LogP contribution is -2.34. The first-order valence-corrected chi connectivity index (χ1v) is 7.77. The van der Waals surface area contributed by atoms with Gasteiger partial charge in [0.15, 0.2) is 5.82 Å². The third kappa shape index (κ3) is 3.02. The Morgan fingerprint density at radius 2 is 1.71 bits per heavy atom. The predicted octanol–water partition coefficient (Wildman–Crippen LogP) is 5.80. The third-order valence-corrected chi connectivity index (χ3v) is 4.67. The van der Waals surface area contributed by atoms with E-state index in [4.69, 9.17) is 23.2 Å². The van der Waals surface area contributed by atoms with Crippen LogP contribution in [0.25, 0.3) is 0 Å². The maximum atomic E-state index is 13.4. The standard InChI is InChI=1S/C17H16Cl2FN/c1-10-4-2-3-5-14(10)11-6-12(7-11)21-13-8-15(18)17(20)16(19)9-13/h2-5,8-9,11-12,21H,6-7H2,1H3. The smallest absolute Gasteiger partial charge is 0.160 e. The SMILES string of the molecule is Cc1ccccc1C1CC(Nc2cc(Cl)c(F)c(Cl)c2)C1. The molecule has 0 amide bonds. The summed E-state index contributed by atoms with van der Waals surface area (Å²) >= 11 is 11.6. The molecule has 0 radical (unpaired) electrons. The molecule has 0 aromatic heterocycles. The van der Waals surface area contributed by atoms with Gasteiger partial charge in [-0.05, 0) is 48.9 Å². The fraction of sp³-hybridized carbons (Fsp3) is 0.294. The molecule has 1 N–H and O–H groups in total. The number of benzene rings is 2. The Morgan fingerprint density at radius 3 is 2.33 bits per heavy atom. The maximum Gasteiger partial charge on any atom is 0.160 e. The van der Waals surface area contributed by atoms with Crippen molar-refractivity contribution in [3.8, 4) is 0 Å². The van der Waals surface area contributed by atoms with Gasteiger partial charge in [-0.2, -0.15) is 0 Å². The van der Waals surface area contributed by atoms with E-state index in [0.29, 0.717) is 12.0 Å². The van der Waals surface area contributed by atoms with Gasteiger partial charge >= 0.3 is 0 Å². The van der Waals surface area contributed by atoms with Gasteiger partial charge in [-0.15, -0.1) is 0 Å². The summed E-state index contributed by atoms with van der Waals surface area (Å²) in [6, 6.07) is 12.1. The monoisotopic (exact) mass is 323 g/mol. The van der Waals surface area contributed by atoms with Crippen LogP contribution in [-0.2, 0) is 0 Å². The van der Waals surface area contributed by atoms with Gasteiger partial charge in [0.1, 0.15) is 0 Å². The highest BCUT2D eigenvalue weighted by molar-refractivity contribution is 6.35. The van der Waals surface area contributed by atoms with Gasteiger partial charge in [0.25, 0.3) is 0 Å². The molecule has 1 fully saturated rings. The zero-order valence-corrected chi connectivity index (χ0v) is 13.2. The molecule has 110 valence electrons. The molecule has 21 heavy (non-hydrogen) atoms. The van der Waals surface area contributed by atoms with Crippen molar-refractivity contribution in [2.75, 3.05) is 5.32 Å². The Bertz CT molecular complexity index is 643. The maximum absolute atomic E-state index is 13.4. The van der Waals surface area contributed by atoms with Gasteiger partial charge in [-0.3, -0.25) is 0 Å². The van der Waals surface area contributed by atoms with Crippen LogP contribution in [0, 0.1) is 12.7 Å². The molecule has 1 nitrogen and oxygen atoms in total. The zero-order chi connectivity index (χ0) is 15.0. The van der Waals surface area contributed by atoms with Gasteiger partial charge in [0.05, 0.1) is 10.0 Å². The normalized spacial score (nSPS) is 21.0. The van der Waals surface area contributed by atoms with Crippen LogP contribution in [0.4, 0.5) is 10.1 Å². The van der Waals surface area contributed by atoms with Crippen LogP contribution >= 0.6 is 23.2 Å². The number of aryl methyl sites for hydroxylation is 1. The van der Waals surface area contributed by atoms with Gasteiger partial charge in [0.2, 0.25) is 0 Å². The summed E-state index contributed by atoms with van der Waals surface area (Å²) in [6.07, 6.45) is 2.13. The van der Waals surface area contributed by atoms with E-state index in [1.165, 1.54) is 11.1 Å². The highest BCUT2D eigenvalue weighted by Gasteiger charge is 2.31. The molecule has 1 saturated carbocycles. The topological polar surface area (TPSA) is 12.0 Å². The van der Waals surface area contributed by atoms with E-state index in [9.17, 15) is 4.39 Å². The van der Waals surface area contributed by atoms with E-state index in [-0.39, 0.29) is 10.0 Å². The van der Waals surface area contributed by atoms with Crippen LogP contribution < -0.4 is 5.32 Å². The Balaban J connectivity index is 1.64. The van der Waals surface area contributed by atoms with Gasteiger partial charge < -0.3 is 5.32 Å². The first-order valence-electron chi connectivity index (χ1n) is 7.01. The number of hydrogen-bond donors (Lipinski definition) is 1. The van der Waals surface area contributed by atoms with Crippen LogP contribution in [-0.4, -0.2) is 6.04 Å². The number of anilines is 1. The van der Waals surface area contributed by atoms with E-state index >= 15 is 0 Å². The Morgan fingerprint density at radius 1 is 1.10 bits per heavy atom. The minimum Gasteiger partial charge on any atom is -0.382 e. The zero-order valence-electron chi connectivity index (χ0n) is 11.7.